The second-order valence-corrected chi connectivity index (χ2v) is 8.91. The molecule has 0 aliphatic carbocycles. The molecule has 0 aromatic rings. The molecule has 118 valence electrons. The molecule has 20 heavy (non-hydrogen) atoms. The second-order valence-electron chi connectivity index (χ2n) is 4.56. The van der Waals surface area contributed by atoms with Gasteiger partial charge < -0.3 is 10.1 Å². The van der Waals surface area contributed by atoms with Crippen LogP contribution in [0, 0.1) is 0 Å². The average molecular weight is 328 g/mol. The summed E-state index contributed by atoms with van der Waals surface area (Å²) < 4.78 is 51.9. The maximum atomic E-state index is 11.9. The van der Waals surface area contributed by atoms with Gasteiger partial charge in [-0.25, -0.2) is 16.8 Å². The van der Waals surface area contributed by atoms with Crippen molar-refractivity contribution in [2.45, 2.75) is 6.42 Å². The summed E-state index contributed by atoms with van der Waals surface area (Å²) in [6.45, 7) is 1.32. The summed E-state index contributed by atoms with van der Waals surface area (Å²) in [5, 5.41) is 2.39. The fourth-order valence-electron chi connectivity index (χ4n) is 1.64. The number of sulfone groups is 1. The number of rotatable bonds is 7. The summed E-state index contributed by atoms with van der Waals surface area (Å²) in [6, 6.07) is 0. The van der Waals surface area contributed by atoms with Gasteiger partial charge in [-0.1, -0.05) is 0 Å². The summed E-state index contributed by atoms with van der Waals surface area (Å²) >= 11 is 0. The molecule has 0 spiro atoms. The summed E-state index contributed by atoms with van der Waals surface area (Å²) in [4.78, 5) is 11.4. The van der Waals surface area contributed by atoms with Gasteiger partial charge in [-0.05, 0) is 0 Å². The number of carbonyl (C=O) groups excluding carboxylic acids is 1. The molecule has 0 aromatic heterocycles. The minimum Gasteiger partial charge on any atom is -0.379 e. The van der Waals surface area contributed by atoms with Crippen LogP contribution in [0.1, 0.15) is 6.42 Å². The number of ether oxygens (including phenoxy) is 1. The van der Waals surface area contributed by atoms with Crippen LogP contribution in [0.3, 0.4) is 0 Å². The van der Waals surface area contributed by atoms with Crippen LogP contribution >= 0.6 is 0 Å². The monoisotopic (exact) mass is 328 g/mol. The molecule has 1 saturated heterocycles. The number of sulfonamides is 1. The first-order valence-corrected chi connectivity index (χ1v) is 9.88. The number of hydrogen-bond donors (Lipinski definition) is 1. The van der Waals surface area contributed by atoms with E-state index in [4.69, 9.17) is 4.74 Å². The Labute approximate surface area is 119 Å². The van der Waals surface area contributed by atoms with E-state index >= 15 is 0 Å². The Kier molecular flexibility index (Phi) is 6.37. The van der Waals surface area contributed by atoms with Crippen molar-refractivity contribution in [2.75, 3.05) is 50.6 Å². The lowest BCUT2D eigenvalue weighted by atomic mass is 10.4. The fraction of sp³-hybridized carbons (Fsp3) is 0.900. The molecule has 1 aliphatic rings. The van der Waals surface area contributed by atoms with Crippen molar-refractivity contribution < 1.29 is 26.4 Å². The number of morpholine rings is 1. The van der Waals surface area contributed by atoms with Gasteiger partial charge in [0.25, 0.3) is 0 Å². The van der Waals surface area contributed by atoms with Crippen LogP contribution in [0.25, 0.3) is 0 Å². The number of nitrogens with zero attached hydrogens (tertiary/aromatic N) is 1. The molecule has 1 N–H and O–H groups in total. The molecule has 0 radical (unpaired) electrons. The van der Waals surface area contributed by atoms with Crippen molar-refractivity contribution >= 4 is 25.8 Å². The standard InChI is InChI=1S/C10H20N2O6S2/c1-19(14,15)9-3-11-10(13)2-8-20(16,17)12-4-6-18-7-5-12/h2-9H2,1H3,(H,11,13). The smallest absolute Gasteiger partial charge is 0.221 e. The highest BCUT2D eigenvalue weighted by Crippen LogP contribution is 2.06. The Morgan fingerprint density at radius 2 is 1.75 bits per heavy atom. The molecule has 0 unspecified atom stereocenters. The first kappa shape index (κ1) is 17.3. The molecule has 0 aromatic carbocycles. The van der Waals surface area contributed by atoms with E-state index in [1.54, 1.807) is 0 Å². The van der Waals surface area contributed by atoms with Gasteiger partial charge in [-0.15, -0.1) is 0 Å². The molecule has 1 heterocycles. The van der Waals surface area contributed by atoms with E-state index in [9.17, 15) is 21.6 Å². The molecule has 8 nitrogen and oxygen atoms in total. The van der Waals surface area contributed by atoms with Crippen LogP contribution in [0.4, 0.5) is 0 Å². The quantitative estimate of drug-likeness (QED) is 0.590. The first-order valence-electron chi connectivity index (χ1n) is 6.21. The molecular weight excluding hydrogens is 308 g/mol. The largest absolute Gasteiger partial charge is 0.379 e. The van der Waals surface area contributed by atoms with Crippen molar-refractivity contribution in [3.8, 4) is 0 Å². The predicted octanol–water partition coefficient (Wildman–Crippen LogP) is -1.80. The maximum Gasteiger partial charge on any atom is 0.221 e. The molecule has 10 heteroatoms. The molecule has 0 atom stereocenters. The summed E-state index contributed by atoms with van der Waals surface area (Å²) in [6.07, 6.45) is 0.894. The van der Waals surface area contributed by atoms with Gasteiger partial charge in [0.05, 0.1) is 24.7 Å². The number of carbonyl (C=O) groups is 1. The highest BCUT2D eigenvalue weighted by atomic mass is 32.2. The normalized spacial score (nSPS) is 17.9. The fourth-order valence-corrected chi connectivity index (χ4v) is 3.52. The van der Waals surface area contributed by atoms with Crippen LogP contribution in [0.5, 0.6) is 0 Å². The summed E-state index contributed by atoms with van der Waals surface area (Å²) in [7, 11) is -6.59. The Morgan fingerprint density at radius 3 is 2.30 bits per heavy atom. The lowest BCUT2D eigenvalue weighted by Crippen LogP contribution is -2.42. The van der Waals surface area contributed by atoms with Gasteiger partial charge in [0.2, 0.25) is 15.9 Å². The van der Waals surface area contributed by atoms with Crippen LogP contribution in [-0.4, -0.2) is 77.7 Å². The van der Waals surface area contributed by atoms with Crippen LogP contribution in [-0.2, 0) is 29.4 Å². The summed E-state index contributed by atoms with van der Waals surface area (Å²) in [5.41, 5.74) is 0. The summed E-state index contributed by atoms with van der Waals surface area (Å²) in [5.74, 6) is -0.905. The van der Waals surface area contributed by atoms with Crippen LogP contribution in [0.15, 0.2) is 0 Å². The predicted molar refractivity (Wildman–Crippen MR) is 73.5 cm³/mol. The lowest BCUT2D eigenvalue weighted by molar-refractivity contribution is -0.120. The third-order valence-electron chi connectivity index (χ3n) is 2.75. The number of hydrogen-bond acceptors (Lipinski definition) is 6. The maximum absolute atomic E-state index is 11.9. The van der Waals surface area contributed by atoms with Crippen LogP contribution in [0.2, 0.25) is 0 Å². The van der Waals surface area contributed by atoms with E-state index in [1.165, 1.54) is 4.31 Å². The van der Waals surface area contributed by atoms with Gasteiger partial charge in [0, 0.05) is 32.3 Å². The SMILES string of the molecule is CS(=O)(=O)CCNC(=O)CCS(=O)(=O)N1CCOCC1. The topological polar surface area (TPSA) is 110 Å². The van der Waals surface area contributed by atoms with E-state index in [0.29, 0.717) is 26.3 Å². The second kappa shape index (κ2) is 7.34. The highest BCUT2D eigenvalue weighted by Gasteiger charge is 2.24. The van der Waals surface area contributed by atoms with Crippen molar-refractivity contribution in [3.63, 3.8) is 0 Å². The zero-order valence-electron chi connectivity index (χ0n) is 11.4. The van der Waals surface area contributed by atoms with Crippen molar-refractivity contribution in [3.05, 3.63) is 0 Å². The number of amides is 1. The zero-order chi connectivity index (χ0) is 15.2. The van der Waals surface area contributed by atoms with E-state index in [0.717, 1.165) is 6.26 Å². The third-order valence-corrected chi connectivity index (χ3v) is 5.56. The zero-order valence-corrected chi connectivity index (χ0v) is 13.0. The van der Waals surface area contributed by atoms with Gasteiger partial charge in [0.15, 0.2) is 0 Å². The van der Waals surface area contributed by atoms with Gasteiger partial charge in [-0.2, -0.15) is 4.31 Å². The van der Waals surface area contributed by atoms with E-state index in [1.807, 2.05) is 0 Å². The van der Waals surface area contributed by atoms with Crippen molar-refractivity contribution in [1.82, 2.24) is 9.62 Å². The molecule has 0 saturated carbocycles. The Hall–Kier alpha value is -0.710. The highest BCUT2D eigenvalue weighted by molar-refractivity contribution is 7.90. The Balaban J connectivity index is 2.32. The third kappa shape index (κ3) is 6.64. The van der Waals surface area contributed by atoms with Crippen molar-refractivity contribution in [2.24, 2.45) is 0 Å². The van der Waals surface area contributed by atoms with E-state index < -0.39 is 25.8 Å². The first-order chi connectivity index (χ1) is 9.21. The van der Waals surface area contributed by atoms with Gasteiger partial charge in [-0.3, -0.25) is 4.79 Å². The van der Waals surface area contributed by atoms with Crippen molar-refractivity contribution in [1.29, 1.82) is 0 Å². The Morgan fingerprint density at radius 1 is 1.15 bits per heavy atom. The van der Waals surface area contributed by atoms with Gasteiger partial charge >= 0.3 is 0 Å². The molecule has 1 rings (SSSR count). The van der Waals surface area contributed by atoms with E-state index in [-0.39, 0.29) is 24.5 Å². The molecular formula is C10H20N2O6S2. The molecule has 1 fully saturated rings. The average Bonchev–Trinajstić information content (AvgIpc) is 2.36. The molecule has 0 bridgehead atoms. The van der Waals surface area contributed by atoms with Gasteiger partial charge in [0.1, 0.15) is 9.84 Å². The molecule has 1 amide bonds. The minimum atomic E-state index is -3.46. The minimum absolute atomic E-state index is 0.00469. The lowest BCUT2D eigenvalue weighted by Gasteiger charge is -2.25. The molecule has 1 aliphatic heterocycles. The number of nitrogens with one attached hydrogen (secondary N) is 1. The van der Waals surface area contributed by atoms with Crippen LogP contribution < -0.4 is 5.32 Å². The Bertz CT molecular complexity index is 522. The van der Waals surface area contributed by atoms with E-state index in [2.05, 4.69) is 5.32 Å².